The van der Waals surface area contributed by atoms with E-state index in [4.69, 9.17) is 9.47 Å². The fraction of sp³-hybridized carbons (Fsp3) is 0.519. The third kappa shape index (κ3) is 7.12. The van der Waals surface area contributed by atoms with Gasteiger partial charge in [-0.25, -0.2) is 4.39 Å². The molecule has 13 heteroatoms. The second-order valence-electron chi connectivity index (χ2n) is 9.92. The van der Waals surface area contributed by atoms with Crippen LogP contribution in [-0.2, 0) is 26.6 Å². The summed E-state index contributed by atoms with van der Waals surface area (Å²) in [6.45, 7) is 3.26. The number of halogens is 7. The molecule has 0 aromatic heterocycles. The summed E-state index contributed by atoms with van der Waals surface area (Å²) in [4.78, 5) is 15.4. The highest BCUT2D eigenvalue weighted by molar-refractivity contribution is 5.73. The number of carboxylic acid groups (broad SMARTS) is 1. The van der Waals surface area contributed by atoms with Crippen LogP contribution in [0.2, 0.25) is 0 Å². The topological polar surface area (TPSA) is 62.2 Å². The number of carbonyl (C=O) groups is 1. The summed E-state index contributed by atoms with van der Waals surface area (Å²) >= 11 is 0. The van der Waals surface area contributed by atoms with Crippen LogP contribution < -0.4 is 0 Å². The van der Waals surface area contributed by atoms with E-state index in [0.717, 1.165) is 6.42 Å². The number of nitrogens with zero attached hydrogens (tertiary/aromatic N) is 2. The zero-order valence-corrected chi connectivity index (χ0v) is 21.5. The van der Waals surface area contributed by atoms with E-state index in [1.807, 2.05) is 9.80 Å². The van der Waals surface area contributed by atoms with Crippen molar-refractivity contribution >= 4 is 5.97 Å². The van der Waals surface area contributed by atoms with Gasteiger partial charge in [-0.2, -0.15) is 26.3 Å². The van der Waals surface area contributed by atoms with Crippen LogP contribution in [0.1, 0.15) is 54.2 Å². The van der Waals surface area contributed by atoms with Crippen molar-refractivity contribution in [3.63, 3.8) is 0 Å². The predicted octanol–water partition coefficient (Wildman–Crippen LogP) is 5.89. The van der Waals surface area contributed by atoms with Gasteiger partial charge in [-0.05, 0) is 67.8 Å². The molecule has 0 saturated carbocycles. The molecule has 2 aromatic carbocycles. The Morgan fingerprint density at radius 3 is 2.17 bits per heavy atom. The van der Waals surface area contributed by atoms with E-state index in [-0.39, 0.29) is 18.2 Å². The van der Waals surface area contributed by atoms with Crippen LogP contribution in [0.3, 0.4) is 0 Å². The van der Waals surface area contributed by atoms with Crippen LogP contribution in [0, 0.1) is 5.82 Å². The number of carboxylic acids is 1. The molecule has 2 fully saturated rings. The van der Waals surface area contributed by atoms with E-state index in [9.17, 15) is 40.6 Å². The fourth-order valence-corrected chi connectivity index (χ4v) is 5.20. The zero-order chi connectivity index (χ0) is 29.2. The summed E-state index contributed by atoms with van der Waals surface area (Å²) in [6, 6.07) is 5.46. The number of ether oxygens (including phenoxy) is 2. The molecule has 2 heterocycles. The predicted molar refractivity (Wildman–Crippen MR) is 129 cm³/mol. The lowest BCUT2D eigenvalue weighted by Gasteiger charge is -2.42. The van der Waals surface area contributed by atoms with Gasteiger partial charge in [0.15, 0.2) is 6.29 Å². The smallest absolute Gasteiger partial charge is 0.416 e. The first kappa shape index (κ1) is 30.2. The van der Waals surface area contributed by atoms with Crippen molar-refractivity contribution in [2.45, 2.75) is 56.6 Å². The minimum atomic E-state index is -5.01. The largest absolute Gasteiger partial charge is 0.480 e. The SMILES string of the molecule is CC(OC1OCCN(CCN2CCCC2C(=O)O)C1c1ccc(F)cc1)c1cc(C(F)(F)F)cc(C(F)(F)F)c1. The fourth-order valence-electron chi connectivity index (χ4n) is 5.20. The molecular formula is C27H29F7N2O4. The van der Waals surface area contributed by atoms with Gasteiger partial charge in [-0.15, -0.1) is 0 Å². The number of hydrogen-bond acceptors (Lipinski definition) is 5. The average molecular weight is 579 g/mol. The van der Waals surface area contributed by atoms with E-state index in [2.05, 4.69) is 0 Å². The summed E-state index contributed by atoms with van der Waals surface area (Å²) in [5.41, 5.74) is -2.67. The molecule has 4 unspecified atom stereocenters. The standard InChI is InChI=1S/C27H29F7N2O4/c1-16(18-13-19(26(29,30)31)15-20(14-18)27(32,33)34)40-25-23(17-4-6-21(28)7-5-17)36(11-12-39-25)10-9-35-8-2-3-22(35)24(37)38/h4-7,13-16,22-23,25H,2-3,8-12H2,1H3,(H,37,38). The van der Waals surface area contributed by atoms with Gasteiger partial charge >= 0.3 is 18.3 Å². The Morgan fingerprint density at radius 1 is 1.00 bits per heavy atom. The molecule has 6 nitrogen and oxygen atoms in total. The van der Waals surface area contributed by atoms with Crippen LogP contribution in [-0.4, -0.2) is 66.0 Å². The maximum absolute atomic E-state index is 13.7. The Labute approximate surface area is 226 Å². The first-order valence-electron chi connectivity index (χ1n) is 12.8. The van der Waals surface area contributed by atoms with Crippen molar-refractivity contribution in [1.29, 1.82) is 0 Å². The molecule has 1 N–H and O–H groups in total. The van der Waals surface area contributed by atoms with E-state index in [1.54, 1.807) is 0 Å². The van der Waals surface area contributed by atoms with E-state index in [1.165, 1.54) is 31.2 Å². The molecular weight excluding hydrogens is 549 g/mol. The Morgan fingerprint density at radius 2 is 1.60 bits per heavy atom. The number of benzene rings is 2. The van der Waals surface area contributed by atoms with Crippen LogP contribution in [0.25, 0.3) is 0 Å². The minimum absolute atomic E-state index is 0.0547. The highest BCUT2D eigenvalue weighted by Gasteiger charge is 2.40. The van der Waals surface area contributed by atoms with E-state index >= 15 is 0 Å². The number of rotatable bonds is 8. The van der Waals surface area contributed by atoms with Gasteiger partial charge in [0.2, 0.25) is 0 Å². The number of likely N-dealkylation sites (tertiary alicyclic amines) is 1. The van der Waals surface area contributed by atoms with Crippen molar-refractivity contribution in [1.82, 2.24) is 9.80 Å². The minimum Gasteiger partial charge on any atom is -0.480 e. The second-order valence-corrected chi connectivity index (χ2v) is 9.92. The maximum atomic E-state index is 13.7. The third-order valence-corrected chi connectivity index (χ3v) is 7.26. The zero-order valence-electron chi connectivity index (χ0n) is 21.5. The molecule has 2 aromatic rings. The van der Waals surface area contributed by atoms with Gasteiger partial charge < -0.3 is 14.6 Å². The summed E-state index contributed by atoms with van der Waals surface area (Å²) in [5.74, 6) is -1.41. The molecule has 2 aliphatic heterocycles. The van der Waals surface area contributed by atoms with Crippen LogP contribution in [0.5, 0.6) is 0 Å². The highest BCUT2D eigenvalue weighted by Crippen LogP contribution is 2.39. The molecule has 0 radical (unpaired) electrons. The van der Waals surface area contributed by atoms with E-state index < -0.39 is 59.7 Å². The monoisotopic (exact) mass is 578 g/mol. The van der Waals surface area contributed by atoms with Crippen molar-refractivity contribution in [3.8, 4) is 0 Å². The van der Waals surface area contributed by atoms with Gasteiger partial charge in [0.05, 0.1) is 29.9 Å². The Balaban J connectivity index is 1.60. The lowest BCUT2D eigenvalue weighted by molar-refractivity contribution is -0.230. The van der Waals surface area contributed by atoms with E-state index in [0.29, 0.717) is 50.3 Å². The summed E-state index contributed by atoms with van der Waals surface area (Å²) in [6.07, 6.45) is -11.1. The quantitative estimate of drug-likeness (QED) is 0.395. The van der Waals surface area contributed by atoms with Crippen molar-refractivity contribution < 1.29 is 50.1 Å². The van der Waals surface area contributed by atoms with Crippen molar-refractivity contribution in [3.05, 3.63) is 70.5 Å². The van der Waals surface area contributed by atoms with Crippen molar-refractivity contribution in [2.75, 3.05) is 32.8 Å². The van der Waals surface area contributed by atoms with Gasteiger partial charge in [0.25, 0.3) is 0 Å². The highest BCUT2D eigenvalue weighted by atomic mass is 19.4. The van der Waals surface area contributed by atoms with Crippen LogP contribution in [0.4, 0.5) is 30.7 Å². The van der Waals surface area contributed by atoms with Crippen LogP contribution >= 0.6 is 0 Å². The van der Waals surface area contributed by atoms with Crippen molar-refractivity contribution in [2.24, 2.45) is 0 Å². The molecule has 40 heavy (non-hydrogen) atoms. The Kier molecular flexibility index (Phi) is 9.08. The Bertz CT molecular complexity index is 1140. The first-order valence-corrected chi connectivity index (χ1v) is 12.8. The number of hydrogen-bond donors (Lipinski definition) is 1. The average Bonchev–Trinajstić information content (AvgIpc) is 3.36. The Hall–Kier alpha value is -2.74. The summed E-state index contributed by atoms with van der Waals surface area (Å²) in [5, 5.41) is 9.49. The molecule has 220 valence electrons. The second kappa shape index (κ2) is 12.0. The molecule has 0 amide bonds. The normalized spacial score (nSPS) is 23.9. The lowest BCUT2D eigenvalue weighted by Crippen LogP contribution is -2.50. The lowest BCUT2D eigenvalue weighted by atomic mass is 10.0. The van der Waals surface area contributed by atoms with Crippen LogP contribution in [0.15, 0.2) is 42.5 Å². The first-order chi connectivity index (χ1) is 18.7. The maximum Gasteiger partial charge on any atom is 0.416 e. The molecule has 2 saturated heterocycles. The molecule has 0 aliphatic carbocycles. The summed E-state index contributed by atoms with van der Waals surface area (Å²) < 4.78 is 106. The third-order valence-electron chi connectivity index (χ3n) is 7.26. The van der Waals surface area contributed by atoms with Gasteiger partial charge in [0, 0.05) is 19.6 Å². The molecule has 2 aliphatic rings. The number of morpholine rings is 1. The summed E-state index contributed by atoms with van der Waals surface area (Å²) in [7, 11) is 0. The number of aliphatic carboxylic acids is 1. The van der Waals surface area contributed by atoms with Gasteiger partial charge in [0.1, 0.15) is 11.9 Å². The van der Waals surface area contributed by atoms with Gasteiger partial charge in [-0.1, -0.05) is 12.1 Å². The molecule has 4 rings (SSSR count). The van der Waals surface area contributed by atoms with Gasteiger partial charge in [-0.3, -0.25) is 14.6 Å². The molecule has 4 atom stereocenters. The number of alkyl halides is 6. The molecule has 0 spiro atoms. The molecule has 0 bridgehead atoms.